The van der Waals surface area contributed by atoms with Crippen LogP contribution in [0.4, 0.5) is 0 Å². The van der Waals surface area contributed by atoms with Gasteiger partial charge >= 0.3 is 5.97 Å². The summed E-state index contributed by atoms with van der Waals surface area (Å²) in [6.07, 6.45) is 0.00359. The molecular weight excluding hydrogens is 264 g/mol. The van der Waals surface area contributed by atoms with Gasteiger partial charge in [0, 0.05) is 0 Å². The van der Waals surface area contributed by atoms with Gasteiger partial charge in [0.05, 0.1) is 23.4 Å². The smallest absolute Gasteiger partial charge is 0.326 e. The Hall–Kier alpha value is -2.51. The molecule has 1 heterocycles. The highest BCUT2D eigenvalue weighted by Crippen LogP contribution is 2.08. The molecule has 1 aromatic heterocycles. The molecule has 0 saturated heterocycles. The van der Waals surface area contributed by atoms with E-state index in [0.29, 0.717) is 17.8 Å². The van der Waals surface area contributed by atoms with E-state index in [1.54, 1.807) is 13.8 Å². The van der Waals surface area contributed by atoms with Gasteiger partial charge in [0.25, 0.3) is 5.91 Å². The first-order chi connectivity index (χ1) is 9.35. The van der Waals surface area contributed by atoms with Crippen molar-refractivity contribution in [3.63, 3.8) is 0 Å². The number of amides is 2. The zero-order valence-electron chi connectivity index (χ0n) is 11.2. The van der Waals surface area contributed by atoms with Gasteiger partial charge in [-0.25, -0.2) is 4.79 Å². The molecule has 2 amide bonds. The van der Waals surface area contributed by atoms with Gasteiger partial charge in [-0.15, -0.1) is 0 Å². The molecule has 0 unspecified atom stereocenters. The molecule has 0 aromatic carbocycles. The van der Waals surface area contributed by atoms with E-state index in [-0.39, 0.29) is 5.56 Å². The van der Waals surface area contributed by atoms with Crippen molar-refractivity contribution in [2.45, 2.75) is 32.7 Å². The molecule has 4 N–H and O–H groups in total. The number of aryl methyl sites for hydroxylation is 2. The second kappa shape index (κ2) is 6.60. The Kier molecular flexibility index (Phi) is 5.13. The topological polar surface area (TPSA) is 135 Å². The fraction of sp³-hybridized carbons (Fsp3) is 0.417. The second-order valence-electron chi connectivity index (χ2n) is 4.23. The third kappa shape index (κ3) is 4.01. The lowest BCUT2D eigenvalue weighted by Gasteiger charge is -2.14. The highest BCUT2D eigenvalue weighted by atomic mass is 16.4. The summed E-state index contributed by atoms with van der Waals surface area (Å²) in [4.78, 5) is 33.8. The predicted molar refractivity (Wildman–Crippen MR) is 68.8 cm³/mol. The SMILES string of the molecule is CCc1nnc(C)cc1C(=O)N[C@@H](CC(N)=O)C(=O)O. The van der Waals surface area contributed by atoms with Crippen LogP contribution in [0, 0.1) is 6.92 Å². The van der Waals surface area contributed by atoms with E-state index in [4.69, 9.17) is 10.8 Å². The average Bonchev–Trinajstić information content (AvgIpc) is 2.37. The molecule has 0 spiro atoms. The minimum absolute atomic E-state index is 0.246. The van der Waals surface area contributed by atoms with E-state index in [2.05, 4.69) is 15.5 Å². The van der Waals surface area contributed by atoms with E-state index in [9.17, 15) is 14.4 Å². The van der Waals surface area contributed by atoms with Crippen molar-refractivity contribution in [2.24, 2.45) is 5.73 Å². The lowest BCUT2D eigenvalue weighted by Crippen LogP contribution is -2.43. The van der Waals surface area contributed by atoms with Crippen LogP contribution in [0.1, 0.15) is 35.1 Å². The number of rotatable bonds is 6. The summed E-state index contributed by atoms with van der Waals surface area (Å²) in [5.41, 5.74) is 6.19. The summed E-state index contributed by atoms with van der Waals surface area (Å²) in [7, 11) is 0. The molecule has 0 radical (unpaired) electrons. The number of carboxylic acids is 1. The minimum Gasteiger partial charge on any atom is -0.480 e. The molecule has 0 aliphatic carbocycles. The zero-order chi connectivity index (χ0) is 15.3. The lowest BCUT2D eigenvalue weighted by atomic mass is 10.1. The molecule has 8 heteroatoms. The summed E-state index contributed by atoms with van der Waals surface area (Å²) in [5.74, 6) is -2.75. The van der Waals surface area contributed by atoms with Crippen molar-refractivity contribution in [3.05, 3.63) is 23.0 Å². The van der Waals surface area contributed by atoms with Crippen LogP contribution in [-0.4, -0.2) is 39.1 Å². The minimum atomic E-state index is -1.36. The van der Waals surface area contributed by atoms with Gasteiger partial charge in [-0.3, -0.25) is 9.59 Å². The Bertz CT molecular complexity index is 544. The molecule has 0 bridgehead atoms. The van der Waals surface area contributed by atoms with Gasteiger partial charge in [0.15, 0.2) is 0 Å². The lowest BCUT2D eigenvalue weighted by molar-refractivity contribution is -0.140. The van der Waals surface area contributed by atoms with Crippen molar-refractivity contribution < 1.29 is 19.5 Å². The highest BCUT2D eigenvalue weighted by Gasteiger charge is 2.24. The largest absolute Gasteiger partial charge is 0.480 e. The number of primary amides is 1. The van der Waals surface area contributed by atoms with Crippen LogP contribution in [0.5, 0.6) is 0 Å². The number of aromatic nitrogens is 2. The van der Waals surface area contributed by atoms with Crippen molar-refractivity contribution in [1.29, 1.82) is 0 Å². The van der Waals surface area contributed by atoms with Crippen LogP contribution in [-0.2, 0) is 16.0 Å². The maximum absolute atomic E-state index is 12.1. The molecule has 8 nitrogen and oxygen atoms in total. The molecule has 20 heavy (non-hydrogen) atoms. The Labute approximate surface area is 115 Å². The number of carboxylic acid groups (broad SMARTS) is 1. The van der Waals surface area contributed by atoms with E-state index < -0.39 is 30.2 Å². The molecule has 0 aliphatic rings. The molecule has 0 saturated carbocycles. The number of nitrogens with two attached hydrogens (primary N) is 1. The monoisotopic (exact) mass is 280 g/mol. The molecule has 1 aromatic rings. The first kappa shape index (κ1) is 15.5. The molecular formula is C12H16N4O4. The van der Waals surface area contributed by atoms with Crippen molar-refractivity contribution in [1.82, 2.24) is 15.5 Å². The van der Waals surface area contributed by atoms with Crippen molar-refractivity contribution in [3.8, 4) is 0 Å². The van der Waals surface area contributed by atoms with Gasteiger partial charge in [-0.05, 0) is 19.4 Å². The van der Waals surface area contributed by atoms with E-state index in [0.717, 1.165) is 0 Å². The number of nitrogens with one attached hydrogen (secondary N) is 1. The normalized spacial score (nSPS) is 11.7. The number of carbonyl (C=O) groups excluding carboxylic acids is 2. The van der Waals surface area contributed by atoms with Gasteiger partial charge in [-0.2, -0.15) is 10.2 Å². The fourth-order valence-electron chi connectivity index (χ4n) is 1.61. The zero-order valence-corrected chi connectivity index (χ0v) is 11.2. The van der Waals surface area contributed by atoms with E-state index in [1.807, 2.05) is 0 Å². The Balaban J connectivity index is 2.96. The van der Waals surface area contributed by atoms with E-state index >= 15 is 0 Å². The quantitative estimate of drug-likeness (QED) is 0.637. The first-order valence-electron chi connectivity index (χ1n) is 6.00. The Morgan fingerprint density at radius 3 is 2.55 bits per heavy atom. The van der Waals surface area contributed by atoms with E-state index in [1.165, 1.54) is 6.07 Å². The number of carbonyl (C=O) groups is 3. The van der Waals surface area contributed by atoms with Crippen molar-refractivity contribution >= 4 is 17.8 Å². The number of nitrogens with zero attached hydrogens (tertiary/aromatic N) is 2. The maximum atomic E-state index is 12.1. The number of aliphatic carboxylic acids is 1. The molecule has 108 valence electrons. The summed E-state index contributed by atoms with van der Waals surface area (Å²) in [6.45, 7) is 3.47. The third-order valence-electron chi connectivity index (χ3n) is 2.58. The van der Waals surface area contributed by atoms with Gasteiger partial charge < -0.3 is 16.2 Å². The molecule has 1 atom stereocenters. The summed E-state index contributed by atoms with van der Waals surface area (Å²) in [5, 5.41) is 18.9. The standard InChI is InChI=1S/C12H16N4O4/c1-3-8-7(4-6(2)15-16-8)11(18)14-9(12(19)20)5-10(13)17/h4,9H,3,5H2,1-2H3,(H2,13,17)(H,14,18)(H,19,20)/t9-/m0/s1. The van der Waals surface area contributed by atoms with Crippen LogP contribution >= 0.6 is 0 Å². The molecule has 0 aliphatic heterocycles. The van der Waals surface area contributed by atoms with Gasteiger partial charge in [0.2, 0.25) is 5.91 Å². The van der Waals surface area contributed by atoms with Crippen LogP contribution in [0.3, 0.4) is 0 Å². The fourth-order valence-corrected chi connectivity index (χ4v) is 1.61. The number of hydrogen-bond donors (Lipinski definition) is 3. The molecule has 0 fully saturated rings. The second-order valence-corrected chi connectivity index (χ2v) is 4.23. The average molecular weight is 280 g/mol. The summed E-state index contributed by atoms with van der Waals surface area (Å²) >= 11 is 0. The third-order valence-corrected chi connectivity index (χ3v) is 2.58. The van der Waals surface area contributed by atoms with Crippen LogP contribution in [0.25, 0.3) is 0 Å². The first-order valence-corrected chi connectivity index (χ1v) is 6.00. The molecule has 1 rings (SSSR count). The Morgan fingerprint density at radius 1 is 1.40 bits per heavy atom. The summed E-state index contributed by atoms with van der Waals surface area (Å²) in [6, 6.07) is 0.155. The van der Waals surface area contributed by atoms with Gasteiger partial charge in [-0.1, -0.05) is 6.92 Å². The number of hydrogen-bond acceptors (Lipinski definition) is 5. The van der Waals surface area contributed by atoms with Gasteiger partial charge in [0.1, 0.15) is 6.04 Å². The van der Waals surface area contributed by atoms with Crippen LogP contribution in [0.15, 0.2) is 6.07 Å². The highest BCUT2D eigenvalue weighted by molar-refractivity contribution is 5.98. The van der Waals surface area contributed by atoms with Crippen molar-refractivity contribution in [2.75, 3.05) is 0 Å². The summed E-state index contributed by atoms with van der Waals surface area (Å²) < 4.78 is 0. The van der Waals surface area contributed by atoms with Crippen LogP contribution < -0.4 is 11.1 Å². The Morgan fingerprint density at radius 2 is 2.05 bits per heavy atom. The predicted octanol–water partition coefficient (Wildman–Crippen LogP) is -0.594. The van der Waals surface area contributed by atoms with Crippen LogP contribution in [0.2, 0.25) is 0 Å². The maximum Gasteiger partial charge on any atom is 0.326 e.